The lowest BCUT2D eigenvalue weighted by molar-refractivity contribution is -0.123. The molecule has 0 aliphatic rings. The highest BCUT2D eigenvalue weighted by molar-refractivity contribution is 5.81. The second-order valence-corrected chi connectivity index (χ2v) is 4.30. The quantitative estimate of drug-likeness (QED) is 0.500. The van der Waals surface area contributed by atoms with Gasteiger partial charge in [-0.25, -0.2) is 0 Å². The van der Waals surface area contributed by atoms with Crippen molar-refractivity contribution in [2.24, 2.45) is 0 Å². The molecule has 19 heavy (non-hydrogen) atoms. The summed E-state index contributed by atoms with van der Waals surface area (Å²) in [7, 11) is 1.58. The van der Waals surface area contributed by atoms with Gasteiger partial charge in [-0.1, -0.05) is 0 Å². The van der Waals surface area contributed by atoms with E-state index in [0.29, 0.717) is 26.2 Å². The number of aliphatic hydroxyl groups excluding tert-OH is 1. The fraction of sp³-hybridized carbons (Fsp3) is 0.667. The average molecular weight is 270 g/mol. The number of rotatable bonds is 9. The number of hydrogen-bond donors (Lipinski definition) is 3. The number of hydrogen-bond acceptors (Lipinski definition) is 5. The highest BCUT2D eigenvalue weighted by atomic mass is 16.5. The predicted octanol–water partition coefficient (Wildman–Crippen LogP) is -1.02. The van der Waals surface area contributed by atoms with Crippen molar-refractivity contribution in [2.75, 3.05) is 26.8 Å². The van der Waals surface area contributed by atoms with E-state index in [1.165, 1.54) is 0 Å². The van der Waals surface area contributed by atoms with E-state index in [9.17, 15) is 9.90 Å². The molecule has 0 fully saturated rings. The Morgan fingerprint density at radius 1 is 1.58 bits per heavy atom. The standard InChI is InChI=1S/C12H22N4O3/c1-10(12(18)13-5-7-19-2)14-8-11(17)9-16-6-3-4-15-16/h3-4,6,10-11,14,17H,5,7-9H2,1-2H3,(H,13,18). The summed E-state index contributed by atoms with van der Waals surface area (Å²) in [4.78, 5) is 11.6. The summed E-state index contributed by atoms with van der Waals surface area (Å²) < 4.78 is 6.49. The number of carbonyl (C=O) groups is 1. The lowest BCUT2D eigenvalue weighted by atomic mass is 10.2. The molecule has 1 rings (SSSR count). The van der Waals surface area contributed by atoms with Gasteiger partial charge in [-0.15, -0.1) is 0 Å². The van der Waals surface area contributed by atoms with Crippen LogP contribution in [0, 0.1) is 0 Å². The molecule has 0 spiro atoms. The van der Waals surface area contributed by atoms with Crippen LogP contribution in [0.4, 0.5) is 0 Å². The highest BCUT2D eigenvalue weighted by Crippen LogP contribution is 1.91. The molecule has 0 aliphatic heterocycles. The number of nitrogens with zero attached hydrogens (tertiary/aromatic N) is 2. The molecule has 2 atom stereocenters. The Bertz CT molecular complexity index is 356. The van der Waals surface area contributed by atoms with Gasteiger partial charge in [0, 0.05) is 32.6 Å². The van der Waals surface area contributed by atoms with Crippen LogP contribution in [0.2, 0.25) is 0 Å². The summed E-state index contributed by atoms with van der Waals surface area (Å²) in [6, 6.07) is 1.44. The van der Waals surface area contributed by atoms with Crippen LogP contribution in [-0.4, -0.2) is 59.7 Å². The minimum absolute atomic E-state index is 0.108. The number of aliphatic hydroxyl groups is 1. The van der Waals surface area contributed by atoms with Gasteiger partial charge >= 0.3 is 0 Å². The Morgan fingerprint density at radius 2 is 2.37 bits per heavy atom. The van der Waals surface area contributed by atoms with Crippen molar-refractivity contribution in [3.05, 3.63) is 18.5 Å². The van der Waals surface area contributed by atoms with Crippen LogP contribution in [0.25, 0.3) is 0 Å². The third kappa shape index (κ3) is 6.32. The van der Waals surface area contributed by atoms with Gasteiger partial charge in [-0.2, -0.15) is 5.10 Å². The lowest BCUT2D eigenvalue weighted by Crippen LogP contribution is -2.46. The van der Waals surface area contributed by atoms with Crippen molar-refractivity contribution in [1.82, 2.24) is 20.4 Å². The fourth-order valence-corrected chi connectivity index (χ4v) is 1.52. The van der Waals surface area contributed by atoms with Gasteiger partial charge in [0.05, 0.1) is 25.3 Å². The Kier molecular flexibility index (Phi) is 7.09. The molecule has 1 aromatic heterocycles. The Morgan fingerprint density at radius 3 is 3.00 bits per heavy atom. The third-order valence-electron chi connectivity index (χ3n) is 2.62. The van der Waals surface area contributed by atoms with Crippen LogP contribution in [0.15, 0.2) is 18.5 Å². The number of ether oxygens (including phenoxy) is 1. The summed E-state index contributed by atoms with van der Waals surface area (Å²) in [5.74, 6) is -0.108. The van der Waals surface area contributed by atoms with Crippen molar-refractivity contribution in [3.63, 3.8) is 0 Å². The van der Waals surface area contributed by atoms with E-state index in [4.69, 9.17) is 4.74 Å². The molecule has 7 heteroatoms. The summed E-state index contributed by atoms with van der Waals surface area (Å²) in [5, 5.41) is 19.5. The number of amides is 1. The van der Waals surface area contributed by atoms with Gasteiger partial charge in [0.15, 0.2) is 0 Å². The summed E-state index contributed by atoms with van der Waals surface area (Å²) in [6.45, 7) is 3.46. The molecule has 7 nitrogen and oxygen atoms in total. The second kappa shape index (κ2) is 8.63. The maximum absolute atomic E-state index is 11.6. The molecule has 1 amide bonds. The van der Waals surface area contributed by atoms with Gasteiger partial charge in [0.2, 0.25) is 5.91 Å². The van der Waals surface area contributed by atoms with Crippen molar-refractivity contribution < 1.29 is 14.6 Å². The molecule has 0 radical (unpaired) electrons. The van der Waals surface area contributed by atoms with Crippen LogP contribution in [0.3, 0.4) is 0 Å². The van der Waals surface area contributed by atoms with Crippen molar-refractivity contribution in [2.45, 2.75) is 25.6 Å². The van der Waals surface area contributed by atoms with E-state index in [1.807, 2.05) is 0 Å². The summed E-state index contributed by atoms with van der Waals surface area (Å²) in [6.07, 6.45) is 2.85. The first-order valence-electron chi connectivity index (χ1n) is 6.29. The first-order valence-corrected chi connectivity index (χ1v) is 6.29. The van der Waals surface area contributed by atoms with Crippen LogP contribution in [-0.2, 0) is 16.1 Å². The number of carbonyl (C=O) groups excluding carboxylic acids is 1. The molecule has 0 aromatic carbocycles. The summed E-state index contributed by atoms with van der Waals surface area (Å²) in [5.41, 5.74) is 0. The number of aromatic nitrogens is 2. The second-order valence-electron chi connectivity index (χ2n) is 4.30. The zero-order chi connectivity index (χ0) is 14.1. The molecule has 2 unspecified atom stereocenters. The van der Waals surface area contributed by atoms with Crippen LogP contribution >= 0.6 is 0 Å². The zero-order valence-corrected chi connectivity index (χ0v) is 11.4. The molecule has 0 saturated carbocycles. The van der Waals surface area contributed by atoms with E-state index in [2.05, 4.69) is 15.7 Å². The predicted molar refractivity (Wildman–Crippen MR) is 70.6 cm³/mol. The number of nitrogens with one attached hydrogen (secondary N) is 2. The maximum Gasteiger partial charge on any atom is 0.236 e. The Labute approximate surface area is 112 Å². The Hall–Kier alpha value is -1.44. The molecule has 3 N–H and O–H groups in total. The van der Waals surface area contributed by atoms with Crippen LogP contribution < -0.4 is 10.6 Å². The smallest absolute Gasteiger partial charge is 0.236 e. The highest BCUT2D eigenvalue weighted by Gasteiger charge is 2.13. The average Bonchev–Trinajstić information content (AvgIpc) is 2.88. The fourth-order valence-electron chi connectivity index (χ4n) is 1.52. The molecule has 0 saturated heterocycles. The minimum atomic E-state index is -0.589. The third-order valence-corrected chi connectivity index (χ3v) is 2.62. The summed E-state index contributed by atoms with van der Waals surface area (Å²) >= 11 is 0. The van der Waals surface area contributed by atoms with Crippen LogP contribution in [0.5, 0.6) is 0 Å². The molecular formula is C12H22N4O3. The molecule has 0 bridgehead atoms. The van der Waals surface area contributed by atoms with Crippen molar-refractivity contribution in [3.8, 4) is 0 Å². The maximum atomic E-state index is 11.6. The molecule has 0 aliphatic carbocycles. The molecular weight excluding hydrogens is 248 g/mol. The van der Waals surface area contributed by atoms with E-state index < -0.39 is 6.10 Å². The lowest BCUT2D eigenvalue weighted by Gasteiger charge is -2.17. The first-order chi connectivity index (χ1) is 9.13. The van der Waals surface area contributed by atoms with Crippen molar-refractivity contribution in [1.29, 1.82) is 0 Å². The zero-order valence-electron chi connectivity index (χ0n) is 11.4. The topological polar surface area (TPSA) is 88.4 Å². The SMILES string of the molecule is COCCNC(=O)C(C)NCC(O)Cn1cccn1. The van der Waals surface area contributed by atoms with E-state index in [1.54, 1.807) is 37.2 Å². The monoisotopic (exact) mass is 270 g/mol. The van der Waals surface area contributed by atoms with E-state index in [0.717, 1.165) is 0 Å². The molecule has 1 heterocycles. The first kappa shape index (κ1) is 15.6. The van der Waals surface area contributed by atoms with Crippen molar-refractivity contribution >= 4 is 5.91 Å². The van der Waals surface area contributed by atoms with Gasteiger partial charge in [-0.3, -0.25) is 9.48 Å². The largest absolute Gasteiger partial charge is 0.390 e. The Balaban J connectivity index is 2.17. The normalized spacial score (nSPS) is 14.1. The molecule has 1 aromatic rings. The molecule has 108 valence electrons. The van der Waals surface area contributed by atoms with Gasteiger partial charge in [0.25, 0.3) is 0 Å². The minimum Gasteiger partial charge on any atom is -0.390 e. The van der Waals surface area contributed by atoms with Gasteiger partial charge in [0.1, 0.15) is 0 Å². The van der Waals surface area contributed by atoms with Gasteiger partial charge in [-0.05, 0) is 13.0 Å². The van der Waals surface area contributed by atoms with E-state index >= 15 is 0 Å². The van der Waals surface area contributed by atoms with Crippen LogP contribution in [0.1, 0.15) is 6.92 Å². The number of methoxy groups -OCH3 is 1. The van der Waals surface area contributed by atoms with Gasteiger partial charge < -0.3 is 20.5 Å². The van der Waals surface area contributed by atoms with E-state index in [-0.39, 0.29) is 11.9 Å².